The van der Waals surface area contributed by atoms with E-state index >= 15 is 0 Å². The Balaban J connectivity index is 1.60. The molecule has 2 amide bonds. The number of likely N-dealkylation sites (tertiary alicyclic amines) is 1. The molecule has 1 aromatic rings. The smallest absolute Gasteiger partial charge is 0.239 e. The van der Waals surface area contributed by atoms with Crippen LogP contribution in [0.15, 0.2) is 24.3 Å². The van der Waals surface area contributed by atoms with Crippen molar-refractivity contribution in [3.8, 4) is 0 Å². The lowest BCUT2D eigenvalue weighted by Crippen LogP contribution is -2.49. The number of hydrogen-bond donors (Lipinski definition) is 1. The Labute approximate surface area is 163 Å². The van der Waals surface area contributed by atoms with E-state index in [2.05, 4.69) is 29.3 Å². The van der Waals surface area contributed by atoms with Gasteiger partial charge in [-0.1, -0.05) is 6.92 Å². The number of nitrogens with zero attached hydrogens (tertiary/aromatic N) is 2. The highest BCUT2D eigenvalue weighted by Gasteiger charge is 2.40. The van der Waals surface area contributed by atoms with Crippen LogP contribution in [0, 0.1) is 11.3 Å². The summed E-state index contributed by atoms with van der Waals surface area (Å²) in [6.45, 7) is 9.37. The zero-order valence-electron chi connectivity index (χ0n) is 17.0. The molecular formula is C22H33N3O2. The van der Waals surface area contributed by atoms with Crippen LogP contribution in [0.5, 0.6) is 0 Å². The number of nitrogens with one attached hydrogen (secondary N) is 1. The molecule has 0 unspecified atom stereocenters. The highest BCUT2D eigenvalue weighted by Crippen LogP contribution is 2.27. The lowest BCUT2D eigenvalue weighted by molar-refractivity contribution is -0.147. The third kappa shape index (κ3) is 4.63. The number of anilines is 2. The summed E-state index contributed by atoms with van der Waals surface area (Å²) in [5.74, 6) is 0.345. The van der Waals surface area contributed by atoms with Gasteiger partial charge in [0.1, 0.15) is 5.41 Å². The molecule has 0 aromatic heterocycles. The third-order valence-electron chi connectivity index (χ3n) is 6.02. The summed E-state index contributed by atoms with van der Waals surface area (Å²) < 4.78 is 0. The van der Waals surface area contributed by atoms with Crippen molar-refractivity contribution in [2.24, 2.45) is 11.3 Å². The first kappa shape index (κ1) is 19.7. The molecule has 148 valence electrons. The van der Waals surface area contributed by atoms with Gasteiger partial charge in [-0.2, -0.15) is 0 Å². The van der Waals surface area contributed by atoms with Gasteiger partial charge in [0.25, 0.3) is 0 Å². The van der Waals surface area contributed by atoms with E-state index in [4.69, 9.17) is 0 Å². The largest absolute Gasteiger partial charge is 0.372 e. The molecule has 2 fully saturated rings. The second-order valence-electron chi connectivity index (χ2n) is 8.65. The number of carbonyl (C=O) groups excluding carboxylic acids is 2. The van der Waals surface area contributed by atoms with Gasteiger partial charge in [0.05, 0.1) is 0 Å². The predicted molar refractivity (Wildman–Crippen MR) is 110 cm³/mol. The molecule has 0 bridgehead atoms. The van der Waals surface area contributed by atoms with Crippen molar-refractivity contribution in [1.82, 2.24) is 4.90 Å². The van der Waals surface area contributed by atoms with Gasteiger partial charge in [-0.3, -0.25) is 9.59 Å². The molecule has 0 atom stereocenters. The summed E-state index contributed by atoms with van der Waals surface area (Å²) in [6.07, 6.45) is 5.82. The molecule has 0 saturated carbocycles. The van der Waals surface area contributed by atoms with Crippen LogP contribution in [0.1, 0.15) is 52.9 Å². The molecule has 3 rings (SSSR count). The van der Waals surface area contributed by atoms with E-state index in [0.29, 0.717) is 5.92 Å². The van der Waals surface area contributed by atoms with E-state index < -0.39 is 5.41 Å². The summed E-state index contributed by atoms with van der Waals surface area (Å²) in [4.78, 5) is 29.9. The summed E-state index contributed by atoms with van der Waals surface area (Å²) in [6, 6.07) is 7.99. The van der Waals surface area contributed by atoms with E-state index in [9.17, 15) is 9.59 Å². The summed E-state index contributed by atoms with van der Waals surface area (Å²) in [5, 5.41) is 2.94. The molecule has 1 N–H and O–H groups in total. The Morgan fingerprint density at radius 3 is 2.15 bits per heavy atom. The molecule has 5 heteroatoms. The van der Waals surface area contributed by atoms with Gasteiger partial charge >= 0.3 is 0 Å². The van der Waals surface area contributed by atoms with Crippen molar-refractivity contribution < 1.29 is 9.59 Å². The lowest BCUT2D eigenvalue weighted by atomic mass is 9.88. The van der Waals surface area contributed by atoms with Gasteiger partial charge in [0.15, 0.2) is 0 Å². The van der Waals surface area contributed by atoms with Crippen LogP contribution in [-0.2, 0) is 9.59 Å². The Hall–Kier alpha value is -2.04. The SMILES string of the molecule is CC1CCN(C(=O)C(C)(C)C(=O)Nc2ccc(N3CCCCC3)cc2)CC1. The van der Waals surface area contributed by atoms with Crippen molar-refractivity contribution in [3.05, 3.63) is 24.3 Å². The zero-order chi connectivity index (χ0) is 19.4. The van der Waals surface area contributed by atoms with Crippen molar-refractivity contribution in [3.63, 3.8) is 0 Å². The molecule has 2 heterocycles. The first-order valence-corrected chi connectivity index (χ1v) is 10.3. The van der Waals surface area contributed by atoms with Crippen molar-refractivity contribution in [2.45, 2.75) is 52.9 Å². The molecule has 1 aromatic carbocycles. The highest BCUT2D eigenvalue weighted by molar-refractivity contribution is 6.09. The molecule has 0 aliphatic carbocycles. The third-order valence-corrected chi connectivity index (χ3v) is 6.02. The highest BCUT2D eigenvalue weighted by atomic mass is 16.2. The number of carbonyl (C=O) groups is 2. The summed E-state index contributed by atoms with van der Waals surface area (Å²) in [5.41, 5.74) is 0.880. The van der Waals surface area contributed by atoms with Crippen molar-refractivity contribution >= 4 is 23.2 Å². The van der Waals surface area contributed by atoms with E-state index in [1.54, 1.807) is 13.8 Å². The van der Waals surface area contributed by atoms with Crippen LogP contribution in [-0.4, -0.2) is 42.9 Å². The maximum Gasteiger partial charge on any atom is 0.239 e. The maximum atomic E-state index is 12.9. The standard InChI is InChI=1S/C22H33N3O2/c1-17-11-15-25(16-12-17)21(27)22(2,3)20(26)23-18-7-9-19(10-8-18)24-13-5-4-6-14-24/h7-10,17H,4-6,11-16H2,1-3H3,(H,23,26). The molecule has 2 aliphatic heterocycles. The van der Waals surface area contributed by atoms with Crippen LogP contribution in [0.4, 0.5) is 11.4 Å². The minimum Gasteiger partial charge on any atom is -0.372 e. The Morgan fingerprint density at radius 1 is 0.963 bits per heavy atom. The van der Waals surface area contributed by atoms with Crippen LogP contribution in [0.25, 0.3) is 0 Å². The van der Waals surface area contributed by atoms with E-state index in [0.717, 1.165) is 44.7 Å². The molecule has 0 radical (unpaired) electrons. The first-order valence-electron chi connectivity index (χ1n) is 10.3. The fourth-order valence-electron chi connectivity index (χ4n) is 3.90. The van der Waals surface area contributed by atoms with Gasteiger partial charge in [0, 0.05) is 37.6 Å². The minimum atomic E-state index is -1.06. The first-order chi connectivity index (χ1) is 12.9. The second kappa shape index (κ2) is 8.32. The molecular weight excluding hydrogens is 338 g/mol. The van der Waals surface area contributed by atoms with Crippen molar-refractivity contribution in [1.29, 1.82) is 0 Å². The van der Waals surface area contributed by atoms with E-state index in [1.165, 1.54) is 24.9 Å². The number of piperidine rings is 2. The van der Waals surface area contributed by atoms with Gasteiger partial charge in [0.2, 0.25) is 11.8 Å². The molecule has 27 heavy (non-hydrogen) atoms. The fraction of sp³-hybridized carbons (Fsp3) is 0.636. The Bertz CT molecular complexity index is 655. The summed E-state index contributed by atoms with van der Waals surface area (Å²) >= 11 is 0. The van der Waals surface area contributed by atoms with Crippen LogP contribution >= 0.6 is 0 Å². The van der Waals surface area contributed by atoms with Crippen LogP contribution in [0.2, 0.25) is 0 Å². The molecule has 5 nitrogen and oxygen atoms in total. The molecule has 2 aliphatic rings. The number of amides is 2. The average molecular weight is 372 g/mol. The molecule has 2 saturated heterocycles. The second-order valence-corrected chi connectivity index (χ2v) is 8.65. The maximum absolute atomic E-state index is 12.9. The monoisotopic (exact) mass is 371 g/mol. The van der Waals surface area contributed by atoms with Gasteiger partial charge in [-0.25, -0.2) is 0 Å². The predicted octanol–water partition coefficient (Wildman–Crippen LogP) is 3.90. The number of hydrogen-bond acceptors (Lipinski definition) is 3. The van der Waals surface area contributed by atoms with Gasteiger partial charge < -0.3 is 15.1 Å². The normalized spacial score (nSPS) is 19.1. The topological polar surface area (TPSA) is 52.7 Å². The minimum absolute atomic E-state index is 0.0724. The lowest BCUT2D eigenvalue weighted by Gasteiger charge is -2.35. The average Bonchev–Trinajstić information content (AvgIpc) is 2.69. The fourth-order valence-corrected chi connectivity index (χ4v) is 3.90. The van der Waals surface area contributed by atoms with Crippen molar-refractivity contribution in [2.75, 3.05) is 36.4 Å². The Kier molecular flexibility index (Phi) is 6.08. The van der Waals surface area contributed by atoms with Gasteiger partial charge in [-0.15, -0.1) is 0 Å². The van der Waals surface area contributed by atoms with Crippen LogP contribution in [0.3, 0.4) is 0 Å². The quantitative estimate of drug-likeness (QED) is 0.817. The van der Waals surface area contributed by atoms with Crippen LogP contribution < -0.4 is 10.2 Å². The number of rotatable bonds is 4. The zero-order valence-corrected chi connectivity index (χ0v) is 17.0. The van der Waals surface area contributed by atoms with E-state index in [-0.39, 0.29) is 11.8 Å². The Morgan fingerprint density at radius 2 is 1.56 bits per heavy atom. The number of benzene rings is 1. The summed E-state index contributed by atoms with van der Waals surface area (Å²) in [7, 11) is 0. The molecule has 0 spiro atoms. The van der Waals surface area contributed by atoms with Gasteiger partial charge in [-0.05, 0) is 76.1 Å². The van der Waals surface area contributed by atoms with E-state index in [1.807, 2.05) is 17.0 Å².